The zero-order valence-electron chi connectivity index (χ0n) is 9.95. The van der Waals surface area contributed by atoms with E-state index < -0.39 is 0 Å². The van der Waals surface area contributed by atoms with Crippen molar-refractivity contribution in [3.63, 3.8) is 0 Å². The van der Waals surface area contributed by atoms with Gasteiger partial charge in [-0.05, 0) is 41.1 Å². The van der Waals surface area contributed by atoms with Gasteiger partial charge < -0.3 is 10.3 Å². The summed E-state index contributed by atoms with van der Waals surface area (Å²) in [6.07, 6.45) is 1.76. The molecule has 0 bridgehead atoms. The summed E-state index contributed by atoms with van der Waals surface area (Å²) >= 11 is 3.33. The van der Waals surface area contributed by atoms with Gasteiger partial charge in [0.15, 0.2) is 0 Å². The van der Waals surface area contributed by atoms with Crippen molar-refractivity contribution in [3.8, 4) is 11.3 Å². The first-order valence-corrected chi connectivity index (χ1v) is 6.22. The minimum Gasteiger partial charge on any atom is -0.383 e. The van der Waals surface area contributed by atoms with Crippen LogP contribution in [-0.4, -0.2) is 9.55 Å². The molecule has 1 aromatic heterocycles. The Morgan fingerprint density at radius 1 is 1.56 bits per heavy atom. The van der Waals surface area contributed by atoms with E-state index in [0.717, 1.165) is 11.4 Å². The van der Waals surface area contributed by atoms with Crippen molar-refractivity contribution in [1.29, 1.82) is 0 Å². The van der Waals surface area contributed by atoms with Crippen LogP contribution in [-0.2, 0) is 6.54 Å². The van der Waals surface area contributed by atoms with Crippen molar-refractivity contribution in [1.82, 2.24) is 9.55 Å². The van der Waals surface area contributed by atoms with Crippen LogP contribution in [0.4, 0.5) is 10.2 Å². The Balaban J connectivity index is 2.57. The van der Waals surface area contributed by atoms with Crippen LogP contribution in [0.2, 0.25) is 0 Å². The highest BCUT2D eigenvalue weighted by atomic mass is 79.9. The van der Waals surface area contributed by atoms with E-state index in [0.29, 0.717) is 22.5 Å². The molecule has 2 aromatic rings. The third-order valence-corrected chi connectivity index (χ3v) is 3.35. The van der Waals surface area contributed by atoms with Crippen LogP contribution in [0, 0.1) is 12.7 Å². The lowest BCUT2D eigenvalue weighted by Crippen LogP contribution is -2.03. The predicted molar refractivity (Wildman–Crippen MR) is 74.7 cm³/mol. The number of nitrogens with two attached hydrogens (primary N) is 1. The quantitative estimate of drug-likeness (QED) is 0.881. The van der Waals surface area contributed by atoms with E-state index in [-0.39, 0.29) is 5.82 Å². The van der Waals surface area contributed by atoms with Crippen LogP contribution in [0.5, 0.6) is 0 Å². The number of benzene rings is 1. The summed E-state index contributed by atoms with van der Waals surface area (Å²) in [5.74, 6) is 1.06. The van der Waals surface area contributed by atoms with E-state index in [1.54, 1.807) is 12.1 Å². The van der Waals surface area contributed by atoms with Gasteiger partial charge >= 0.3 is 0 Å². The molecule has 0 saturated heterocycles. The second-order valence-corrected chi connectivity index (χ2v) is 4.77. The molecule has 0 saturated carbocycles. The summed E-state index contributed by atoms with van der Waals surface area (Å²) in [5.41, 5.74) is 7.50. The van der Waals surface area contributed by atoms with E-state index in [1.165, 1.54) is 12.1 Å². The van der Waals surface area contributed by atoms with Gasteiger partial charge in [0.05, 0.1) is 0 Å². The van der Waals surface area contributed by atoms with Crippen LogP contribution in [0.25, 0.3) is 11.3 Å². The smallest absolute Gasteiger partial charge is 0.132 e. The molecule has 1 aromatic carbocycles. The van der Waals surface area contributed by atoms with Crippen LogP contribution >= 0.6 is 15.9 Å². The summed E-state index contributed by atoms with van der Waals surface area (Å²) in [7, 11) is 0. The van der Waals surface area contributed by atoms with E-state index in [4.69, 9.17) is 5.73 Å². The van der Waals surface area contributed by atoms with E-state index in [9.17, 15) is 4.39 Å². The maximum Gasteiger partial charge on any atom is 0.132 e. The first-order chi connectivity index (χ1) is 8.54. The molecule has 0 radical (unpaired) electrons. The molecule has 94 valence electrons. The molecule has 2 N–H and O–H groups in total. The highest BCUT2D eigenvalue weighted by Crippen LogP contribution is 2.32. The number of hydrogen-bond donors (Lipinski definition) is 1. The molecular weight excluding hydrogens is 297 g/mol. The molecule has 0 amide bonds. The Morgan fingerprint density at radius 2 is 2.28 bits per heavy atom. The molecule has 5 heteroatoms. The third kappa shape index (κ3) is 2.18. The molecule has 2 rings (SSSR count). The van der Waals surface area contributed by atoms with E-state index in [2.05, 4.69) is 27.5 Å². The number of aromatic nitrogens is 2. The Morgan fingerprint density at radius 3 is 2.89 bits per heavy atom. The molecule has 0 fully saturated rings. The summed E-state index contributed by atoms with van der Waals surface area (Å²) in [5, 5.41) is 0. The van der Waals surface area contributed by atoms with Gasteiger partial charge in [0.1, 0.15) is 23.2 Å². The summed E-state index contributed by atoms with van der Waals surface area (Å²) in [6.45, 7) is 6.16. The largest absolute Gasteiger partial charge is 0.383 e. The number of hydrogen-bond acceptors (Lipinski definition) is 2. The average molecular weight is 310 g/mol. The lowest BCUT2D eigenvalue weighted by molar-refractivity contribution is 0.627. The van der Waals surface area contributed by atoms with Gasteiger partial charge in [-0.2, -0.15) is 0 Å². The molecule has 0 aliphatic heterocycles. The van der Waals surface area contributed by atoms with E-state index >= 15 is 0 Å². The zero-order chi connectivity index (χ0) is 13.3. The monoisotopic (exact) mass is 309 g/mol. The Bertz CT molecular complexity index is 605. The Kier molecular flexibility index (Phi) is 3.52. The molecule has 0 aliphatic rings. The van der Waals surface area contributed by atoms with Crippen LogP contribution in [0.15, 0.2) is 35.3 Å². The van der Waals surface area contributed by atoms with E-state index in [1.807, 2.05) is 11.5 Å². The normalized spacial score (nSPS) is 10.6. The molecule has 0 atom stereocenters. The standard InChI is InChI=1S/C13H13BrFN3/c1-3-6-18-8(2)17-12(13(18)16)10-5-4-9(15)7-11(10)14/h3-5,7H,1,6,16H2,2H3. The van der Waals surface area contributed by atoms with Crippen molar-refractivity contribution in [3.05, 3.63) is 47.0 Å². The maximum absolute atomic E-state index is 13.1. The lowest BCUT2D eigenvalue weighted by Gasteiger charge is -2.05. The number of nitrogen functional groups attached to an aromatic ring is 1. The molecule has 0 aliphatic carbocycles. The molecule has 0 spiro atoms. The number of allylic oxidation sites excluding steroid dienone is 1. The number of aryl methyl sites for hydroxylation is 1. The van der Waals surface area contributed by atoms with Crippen LogP contribution < -0.4 is 5.73 Å². The fraction of sp³-hybridized carbons (Fsp3) is 0.154. The second kappa shape index (κ2) is 4.94. The van der Waals surface area contributed by atoms with Gasteiger partial charge in [0, 0.05) is 16.6 Å². The van der Waals surface area contributed by atoms with Gasteiger partial charge in [-0.3, -0.25) is 0 Å². The minimum atomic E-state index is -0.300. The molecule has 3 nitrogen and oxygen atoms in total. The molecule has 18 heavy (non-hydrogen) atoms. The third-order valence-electron chi connectivity index (χ3n) is 2.70. The van der Waals surface area contributed by atoms with Crippen molar-refractivity contribution in [2.75, 3.05) is 5.73 Å². The van der Waals surface area contributed by atoms with Gasteiger partial charge in [-0.25, -0.2) is 9.37 Å². The number of rotatable bonds is 3. The van der Waals surface area contributed by atoms with Crippen molar-refractivity contribution in [2.45, 2.75) is 13.5 Å². The first-order valence-electron chi connectivity index (χ1n) is 5.43. The van der Waals surface area contributed by atoms with Crippen molar-refractivity contribution < 1.29 is 4.39 Å². The summed E-state index contributed by atoms with van der Waals surface area (Å²) in [4.78, 5) is 4.43. The number of anilines is 1. The molecule has 1 heterocycles. The highest BCUT2D eigenvalue weighted by Gasteiger charge is 2.15. The number of halogens is 2. The van der Waals surface area contributed by atoms with Crippen LogP contribution in [0.3, 0.4) is 0 Å². The number of imidazole rings is 1. The predicted octanol–water partition coefficient (Wildman–Crippen LogP) is 3.53. The SMILES string of the molecule is C=CCn1c(C)nc(-c2ccc(F)cc2Br)c1N. The van der Waals surface area contributed by atoms with Crippen molar-refractivity contribution >= 4 is 21.7 Å². The van der Waals surface area contributed by atoms with Gasteiger partial charge in [0.2, 0.25) is 0 Å². The lowest BCUT2D eigenvalue weighted by atomic mass is 10.1. The fourth-order valence-electron chi connectivity index (χ4n) is 1.82. The maximum atomic E-state index is 13.1. The average Bonchev–Trinajstić information content (AvgIpc) is 2.58. The second-order valence-electron chi connectivity index (χ2n) is 3.92. The van der Waals surface area contributed by atoms with Gasteiger partial charge in [0.25, 0.3) is 0 Å². The number of nitrogens with zero attached hydrogens (tertiary/aromatic N) is 2. The zero-order valence-corrected chi connectivity index (χ0v) is 11.5. The molecule has 0 unspecified atom stereocenters. The Labute approximate surface area is 113 Å². The van der Waals surface area contributed by atoms with Gasteiger partial charge in [-0.15, -0.1) is 6.58 Å². The minimum absolute atomic E-state index is 0.300. The summed E-state index contributed by atoms with van der Waals surface area (Å²) in [6, 6.07) is 4.45. The molecular formula is C13H13BrFN3. The van der Waals surface area contributed by atoms with Crippen LogP contribution in [0.1, 0.15) is 5.82 Å². The first kappa shape index (κ1) is 12.8. The van der Waals surface area contributed by atoms with Gasteiger partial charge in [-0.1, -0.05) is 6.08 Å². The topological polar surface area (TPSA) is 43.8 Å². The fourth-order valence-corrected chi connectivity index (χ4v) is 2.36. The van der Waals surface area contributed by atoms with Crippen molar-refractivity contribution in [2.24, 2.45) is 0 Å². The summed E-state index contributed by atoms with van der Waals surface area (Å²) < 4.78 is 15.6. The highest BCUT2D eigenvalue weighted by molar-refractivity contribution is 9.10. The Hall–Kier alpha value is -1.62.